The molecule has 0 aromatic carbocycles. The van der Waals surface area contributed by atoms with Crippen LogP contribution in [0.25, 0.3) is 0 Å². The van der Waals surface area contributed by atoms with Crippen molar-refractivity contribution >= 4 is 39.5 Å². The first-order chi connectivity index (χ1) is 44.6. The lowest BCUT2D eigenvalue weighted by molar-refractivity contribution is -0.161. The molecule has 0 fully saturated rings. The fourth-order valence-electron chi connectivity index (χ4n) is 11.2. The maximum absolute atomic E-state index is 13.1. The minimum Gasteiger partial charge on any atom is -0.462 e. The number of carbonyl (C=O) groups is 4. The highest BCUT2D eigenvalue weighted by Gasteiger charge is 2.30. The SMILES string of the molecule is CCC(C)CCCCCCCCCCC(=O)OC[C@H](COP(=O)(O)OCC(O)COP(=O)(O)OC[C@@H](COC(=O)CCCCCCCCCCC(C)C)OC(=O)CCCCCCCCCCCC(C)C)OC(=O)CCCCCCCCCCCCCCCCCC(C)C. The van der Waals surface area contributed by atoms with Gasteiger partial charge in [0.05, 0.1) is 26.4 Å². The van der Waals surface area contributed by atoms with E-state index in [9.17, 15) is 43.2 Å². The second-order valence-corrected chi connectivity index (χ2v) is 31.3. The minimum absolute atomic E-state index is 0.104. The summed E-state index contributed by atoms with van der Waals surface area (Å²) in [5.41, 5.74) is 0. The molecule has 0 rings (SSSR count). The fraction of sp³-hybridized carbons (Fsp3) is 0.946. The van der Waals surface area contributed by atoms with Crippen molar-refractivity contribution < 1.29 is 80.2 Å². The molecule has 0 aliphatic carbocycles. The van der Waals surface area contributed by atoms with Crippen LogP contribution in [0.4, 0.5) is 0 Å². The molecule has 0 saturated heterocycles. The topological polar surface area (TPSA) is 237 Å². The Bertz CT molecular complexity index is 1840. The van der Waals surface area contributed by atoms with Gasteiger partial charge in [-0.3, -0.25) is 37.3 Å². The van der Waals surface area contributed by atoms with Crippen LogP contribution < -0.4 is 0 Å². The molecule has 0 aromatic heterocycles. The fourth-order valence-corrected chi connectivity index (χ4v) is 12.7. The molecule has 0 saturated carbocycles. The Labute approximate surface area is 568 Å². The molecule has 552 valence electrons. The van der Waals surface area contributed by atoms with Gasteiger partial charge < -0.3 is 33.8 Å². The normalized spacial score (nSPS) is 14.5. The molecule has 17 nitrogen and oxygen atoms in total. The van der Waals surface area contributed by atoms with Gasteiger partial charge in [0.1, 0.15) is 19.3 Å². The Morgan fingerprint density at radius 2 is 0.516 bits per heavy atom. The van der Waals surface area contributed by atoms with E-state index < -0.39 is 97.5 Å². The first-order valence-electron chi connectivity index (χ1n) is 38.2. The van der Waals surface area contributed by atoms with Gasteiger partial charge in [-0.2, -0.15) is 0 Å². The van der Waals surface area contributed by atoms with Crippen molar-refractivity contribution in [1.82, 2.24) is 0 Å². The van der Waals surface area contributed by atoms with Crippen LogP contribution in [0.15, 0.2) is 0 Å². The van der Waals surface area contributed by atoms with Crippen LogP contribution >= 0.6 is 15.6 Å². The maximum atomic E-state index is 13.1. The van der Waals surface area contributed by atoms with Crippen LogP contribution in [-0.4, -0.2) is 96.7 Å². The predicted molar refractivity (Wildman–Crippen MR) is 377 cm³/mol. The van der Waals surface area contributed by atoms with Gasteiger partial charge in [0, 0.05) is 25.7 Å². The number of aliphatic hydroxyl groups excluding tert-OH is 1. The lowest BCUT2D eigenvalue weighted by Crippen LogP contribution is -2.30. The Morgan fingerprint density at radius 1 is 0.301 bits per heavy atom. The number of ether oxygens (including phenoxy) is 4. The van der Waals surface area contributed by atoms with Crippen LogP contribution in [0.2, 0.25) is 0 Å². The Hall–Kier alpha value is -1.94. The largest absolute Gasteiger partial charge is 0.472 e. The van der Waals surface area contributed by atoms with Crippen molar-refractivity contribution in [2.75, 3.05) is 39.6 Å². The number of carbonyl (C=O) groups excluding carboxylic acids is 4. The smallest absolute Gasteiger partial charge is 0.462 e. The van der Waals surface area contributed by atoms with Gasteiger partial charge in [0.25, 0.3) is 0 Å². The van der Waals surface area contributed by atoms with E-state index in [0.717, 1.165) is 114 Å². The van der Waals surface area contributed by atoms with E-state index in [4.69, 9.17) is 37.0 Å². The predicted octanol–water partition coefficient (Wildman–Crippen LogP) is 21.3. The molecule has 0 bridgehead atoms. The van der Waals surface area contributed by atoms with Gasteiger partial charge in [0.15, 0.2) is 12.2 Å². The van der Waals surface area contributed by atoms with Crippen molar-refractivity contribution in [2.24, 2.45) is 23.7 Å². The number of aliphatic hydroxyl groups is 1. The zero-order chi connectivity index (χ0) is 68.9. The van der Waals surface area contributed by atoms with Crippen LogP contribution in [-0.2, 0) is 65.4 Å². The molecule has 0 heterocycles. The number of hydrogen-bond donors (Lipinski definition) is 3. The van der Waals surface area contributed by atoms with E-state index in [-0.39, 0.29) is 25.7 Å². The van der Waals surface area contributed by atoms with E-state index in [1.807, 2.05) is 0 Å². The summed E-state index contributed by atoms with van der Waals surface area (Å²) < 4.78 is 68.4. The molecule has 6 atom stereocenters. The first-order valence-corrected chi connectivity index (χ1v) is 41.2. The second kappa shape index (κ2) is 63.5. The molecule has 0 aliphatic rings. The number of esters is 4. The highest BCUT2D eigenvalue weighted by Crippen LogP contribution is 2.45. The molecule has 93 heavy (non-hydrogen) atoms. The molecule has 0 aliphatic heterocycles. The van der Waals surface area contributed by atoms with Crippen LogP contribution in [0, 0.1) is 23.7 Å². The number of phosphoric acid groups is 2. The maximum Gasteiger partial charge on any atom is 0.472 e. The van der Waals surface area contributed by atoms with Crippen molar-refractivity contribution in [2.45, 2.75) is 388 Å². The van der Waals surface area contributed by atoms with Crippen LogP contribution in [0.1, 0.15) is 370 Å². The molecular formula is C74H144O17P2. The lowest BCUT2D eigenvalue weighted by atomic mass is 9.99. The Morgan fingerprint density at radius 3 is 0.763 bits per heavy atom. The number of rotatable bonds is 71. The first kappa shape index (κ1) is 91.1. The van der Waals surface area contributed by atoms with Gasteiger partial charge >= 0.3 is 39.5 Å². The van der Waals surface area contributed by atoms with Crippen molar-refractivity contribution in [3.05, 3.63) is 0 Å². The molecule has 19 heteroatoms. The molecule has 0 radical (unpaired) electrons. The third-order valence-electron chi connectivity index (χ3n) is 17.4. The average molecular weight is 1370 g/mol. The second-order valence-electron chi connectivity index (χ2n) is 28.4. The highest BCUT2D eigenvalue weighted by molar-refractivity contribution is 7.47. The molecule has 4 unspecified atom stereocenters. The van der Waals surface area contributed by atoms with E-state index in [1.165, 1.54) is 173 Å². The average Bonchev–Trinajstić information content (AvgIpc) is 2.98. The number of hydrogen-bond acceptors (Lipinski definition) is 15. The molecule has 0 spiro atoms. The van der Waals surface area contributed by atoms with E-state index in [2.05, 4.69) is 55.4 Å². The summed E-state index contributed by atoms with van der Waals surface area (Å²) in [7, 11) is -9.91. The summed E-state index contributed by atoms with van der Waals surface area (Å²) >= 11 is 0. The number of unbranched alkanes of at least 4 members (excludes halogenated alkanes) is 36. The summed E-state index contributed by atoms with van der Waals surface area (Å²) in [6.45, 7) is 14.2. The summed E-state index contributed by atoms with van der Waals surface area (Å²) in [6, 6.07) is 0. The molecule has 0 amide bonds. The molecular weight excluding hydrogens is 1220 g/mol. The summed E-state index contributed by atoms with van der Waals surface area (Å²) in [5.74, 6) is 0.918. The van der Waals surface area contributed by atoms with E-state index in [1.54, 1.807) is 0 Å². The van der Waals surface area contributed by atoms with Crippen molar-refractivity contribution in [3.8, 4) is 0 Å². The van der Waals surface area contributed by atoms with Gasteiger partial charge in [-0.05, 0) is 49.4 Å². The number of phosphoric ester groups is 2. The Balaban J connectivity index is 5.25. The third kappa shape index (κ3) is 67.0. The van der Waals surface area contributed by atoms with Crippen molar-refractivity contribution in [3.63, 3.8) is 0 Å². The summed E-state index contributed by atoms with van der Waals surface area (Å²) in [4.78, 5) is 72.7. The summed E-state index contributed by atoms with van der Waals surface area (Å²) in [5, 5.41) is 10.6. The third-order valence-corrected chi connectivity index (χ3v) is 19.3. The zero-order valence-electron chi connectivity index (χ0n) is 60.9. The van der Waals surface area contributed by atoms with Gasteiger partial charge in [-0.1, -0.05) is 319 Å². The van der Waals surface area contributed by atoms with Crippen LogP contribution in [0.5, 0.6) is 0 Å². The highest BCUT2D eigenvalue weighted by atomic mass is 31.2. The zero-order valence-corrected chi connectivity index (χ0v) is 62.7. The molecule has 3 N–H and O–H groups in total. The Kier molecular flexibility index (Phi) is 62.2. The quantitative estimate of drug-likeness (QED) is 0.0222. The van der Waals surface area contributed by atoms with E-state index in [0.29, 0.717) is 25.7 Å². The molecule has 0 aromatic rings. The van der Waals surface area contributed by atoms with E-state index >= 15 is 0 Å². The minimum atomic E-state index is -4.96. The summed E-state index contributed by atoms with van der Waals surface area (Å²) in [6.07, 6.45) is 47.2. The standard InChI is InChI=1S/C74H144O17P2/c1-9-67(8)53-45-37-29-23-25-31-39-47-55-72(77)85-61-69(90-73(78)56-48-40-32-20-16-14-12-10-11-13-15-18-26-34-42-50-64(2)3)62-88-92(80,81)86-58-68(75)59-87-93(82,83)89-63-70(60-84-71(76)54-46-38-30-24-22-28-36-44-52-66(6)7)91-74(79)57-49-41-33-21-17-19-27-35-43-51-65(4)5/h64-70,75H,9-63H2,1-8H3,(H,80,81)(H,82,83)/t67?,68?,69-,70-/m1/s1. The van der Waals surface area contributed by atoms with Gasteiger partial charge in [-0.15, -0.1) is 0 Å². The van der Waals surface area contributed by atoms with Gasteiger partial charge in [0.2, 0.25) is 0 Å². The monoisotopic (exact) mass is 1370 g/mol. The van der Waals surface area contributed by atoms with Gasteiger partial charge in [-0.25, -0.2) is 9.13 Å². The lowest BCUT2D eigenvalue weighted by Gasteiger charge is -2.21. The van der Waals surface area contributed by atoms with Crippen LogP contribution in [0.3, 0.4) is 0 Å². The van der Waals surface area contributed by atoms with Crippen molar-refractivity contribution in [1.29, 1.82) is 0 Å².